The van der Waals surface area contributed by atoms with Gasteiger partial charge in [0, 0.05) is 23.5 Å². The van der Waals surface area contributed by atoms with E-state index in [1.54, 1.807) is 6.08 Å². The average molecular weight is 438 g/mol. The van der Waals surface area contributed by atoms with Gasteiger partial charge >= 0.3 is 5.97 Å². The summed E-state index contributed by atoms with van der Waals surface area (Å²) in [5.74, 6) is 1.67. The monoisotopic (exact) mass is 437 g/mol. The van der Waals surface area contributed by atoms with E-state index in [1.807, 2.05) is 26.0 Å². The predicted molar refractivity (Wildman–Crippen MR) is 122 cm³/mol. The van der Waals surface area contributed by atoms with E-state index >= 15 is 0 Å². The summed E-state index contributed by atoms with van der Waals surface area (Å²) in [5.41, 5.74) is 2.73. The highest BCUT2D eigenvalue weighted by atomic mass is 16.5. The van der Waals surface area contributed by atoms with Crippen LogP contribution < -0.4 is 5.32 Å². The van der Waals surface area contributed by atoms with Crippen LogP contribution in [0, 0.1) is 48.9 Å². The van der Waals surface area contributed by atoms with Crippen LogP contribution in [0.5, 0.6) is 0 Å². The van der Waals surface area contributed by atoms with Gasteiger partial charge in [-0.2, -0.15) is 5.26 Å². The predicted octanol–water partition coefficient (Wildman–Crippen LogP) is 4.30. The second kappa shape index (κ2) is 8.77. The minimum Gasteiger partial charge on any atom is -0.451 e. The number of nitrogens with zero attached hydrogens (tertiary/aromatic N) is 2. The summed E-state index contributed by atoms with van der Waals surface area (Å²) in [6, 6.07) is 3.92. The van der Waals surface area contributed by atoms with Crippen LogP contribution >= 0.6 is 0 Å². The summed E-state index contributed by atoms with van der Waals surface area (Å²) in [7, 11) is 0. The maximum atomic E-state index is 12.6. The van der Waals surface area contributed by atoms with Crippen molar-refractivity contribution in [1.29, 1.82) is 5.26 Å². The number of esters is 1. The molecule has 0 radical (unpaired) electrons. The lowest BCUT2D eigenvalue weighted by Gasteiger charge is -2.56. The van der Waals surface area contributed by atoms with E-state index in [2.05, 4.69) is 23.7 Å². The lowest BCUT2D eigenvalue weighted by atomic mass is 9.53. The van der Waals surface area contributed by atoms with Crippen molar-refractivity contribution in [3.8, 4) is 6.07 Å². The number of amides is 1. The molecule has 0 saturated heterocycles. The highest BCUT2D eigenvalue weighted by molar-refractivity contribution is 5.99. The molecular formula is C26H35N3O3. The molecule has 4 saturated carbocycles. The highest BCUT2D eigenvalue weighted by Gasteiger charge is 2.51. The largest absolute Gasteiger partial charge is 0.451 e. The Bertz CT molecular complexity index is 944. The van der Waals surface area contributed by atoms with Crippen LogP contribution in [0.4, 0.5) is 0 Å². The molecule has 172 valence electrons. The third-order valence-electron chi connectivity index (χ3n) is 7.58. The lowest BCUT2D eigenvalue weighted by molar-refractivity contribution is -0.146. The fourth-order valence-corrected chi connectivity index (χ4v) is 6.72. The molecule has 1 aromatic rings. The maximum absolute atomic E-state index is 12.6. The Morgan fingerprint density at radius 2 is 1.81 bits per heavy atom. The van der Waals surface area contributed by atoms with E-state index in [-0.39, 0.29) is 23.6 Å². The second-order valence-electron chi connectivity index (χ2n) is 10.8. The van der Waals surface area contributed by atoms with E-state index in [1.165, 1.54) is 19.3 Å². The normalized spacial score (nSPS) is 28.6. The first kappa shape index (κ1) is 22.6. The number of nitriles is 1. The molecule has 0 aromatic carbocycles. The van der Waals surface area contributed by atoms with Crippen LogP contribution in [-0.2, 0) is 20.9 Å². The number of nitrogens with one attached hydrogen (secondary N) is 1. The molecule has 0 atom stereocenters. The van der Waals surface area contributed by atoms with E-state index in [0.29, 0.717) is 5.92 Å². The molecule has 4 bridgehead atoms. The van der Waals surface area contributed by atoms with Crippen molar-refractivity contribution in [1.82, 2.24) is 9.88 Å². The highest BCUT2D eigenvalue weighted by Crippen LogP contribution is 2.55. The first-order valence-electron chi connectivity index (χ1n) is 11.9. The number of hydrogen-bond acceptors (Lipinski definition) is 4. The number of ether oxygens (including phenoxy) is 1. The fraction of sp³-hybridized carbons (Fsp3) is 0.654. The molecular weight excluding hydrogens is 402 g/mol. The zero-order chi connectivity index (χ0) is 23.0. The smallest absolute Gasteiger partial charge is 0.349 e. The van der Waals surface area contributed by atoms with E-state index < -0.39 is 5.97 Å². The Morgan fingerprint density at radius 3 is 2.34 bits per heavy atom. The van der Waals surface area contributed by atoms with Gasteiger partial charge in [0.15, 0.2) is 6.61 Å². The Kier molecular flexibility index (Phi) is 6.20. The van der Waals surface area contributed by atoms with Crippen LogP contribution in [0.15, 0.2) is 11.6 Å². The molecule has 5 rings (SSSR count). The first-order valence-corrected chi connectivity index (χ1v) is 11.9. The van der Waals surface area contributed by atoms with Crippen LogP contribution in [0.2, 0.25) is 0 Å². The average Bonchev–Trinajstić information content (AvgIpc) is 2.95. The molecule has 1 amide bonds. The van der Waals surface area contributed by atoms with Gasteiger partial charge in [0.05, 0.1) is 0 Å². The van der Waals surface area contributed by atoms with Crippen LogP contribution in [0.3, 0.4) is 0 Å². The first-order chi connectivity index (χ1) is 15.2. The topological polar surface area (TPSA) is 84.1 Å². The number of carbonyl (C=O) groups is 2. The molecule has 4 aliphatic carbocycles. The Morgan fingerprint density at radius 1 is 1.22 bits per heavy atom. The van der Waals surface area contributed by atoms with E-state index in [9.17, 15) is 14.9 Å². The van der Waals surface area contributed by atoms with Crippen LogP contribution in [0.1, 0.15) is 69.3 Å². The second-order valence-corrected chi connectivity index (χ2v) is 10.8. The quantitative estimate of drug-likeness (QED) is 0.392. The number of rotatable bonds is 7. The van der Waals surface area contributed by atoms with Crippen LogP contribution in [0.25, 0.3) is 6.08 Å². The van der Waals surface area contributed by atoms with Gasteiger partial charge in [-0.05, 0) is 93.7 Å². The Balaban J connectivity index is 1.37. The lowest BCUT2D eigenvalue weighted by Crippen LogP contribution is -2.60. The molecule has 0 unspecified atom stereocenters. The Labute approximate surface area is 191 Å². The minimum absolute atomic E-state index is 0.0857. The van der Waals surface area contributed by atoms with Gasteiger partial charge in [-0.15, -0.1) is 0 Å². The fourth-order valence-electron chi connectivity index (χ4n) is 6.72. The number of carbonyl (C=O) groups excluding carboxylic acids is 2. The molecule has 1 N–H and O–H groups in total. The minimum atomic E-state index is -0.748. The van der Waals surface area contributed by atoms with Gasteiger partial charge in [-0.1, -0.05) is 13.8 Å². The SMILES string of the molecule is Cc1cc(C=C(C#N)C(=O)OCC(=O)NC23CC4CC(CC(C4)C2)C3)c(C)n1CC(C)C. The van der Waals surface area contributed by atoms with E-state index in [4.69, 9.17) is 4.74 Å². The van der Waals surface area contributed by atoms with Crippen molar-refractivity contribution in [2.75, 3.05) is 6.61 Å². The zero-order valence-electron chi connectivity index (χ0n) is 19.7. The molecule has 6 nitrogen and oxygen atoms in total. The molecule has 0 aliphatic heterocycles. The molecule has 4 fully saturated rings. The van der Waals surface area contributed by atoms with Crippen molar-refractivity contribution in [3.63, 3.8) is 0 Å². The van der Waals surface area contributed by atoms with Crippen molar-refractivity contribution >= 4 is 18.0 Å². The van der Waals surface area contributed by atoms with Gasteiger partial charge in [0.1, 0.15) is 11.6 Å². The molecule has 32 heavy (non-hydrogen) atoms. The zero-order valence-corrected chi connectivity index (χ0v) is 19.7. The summed E-state index contributed by atoms with van der Waals surface area (Å²) >= 11 is 0. The van der Waals surface area contributed by atoms with Crippen molar-refractivity contribution in [3.05, 3.63) is 28.6 Å². The summed E-state index contributed by atoms with van der Waals surface area (Å²) in [6.45, 7) is 8.85. The molecule has 1 aromatic heterocycles. The summed E-state index contributed by atoms with van der Waals surface area (Å²) < 4.78 is 7.43. The summed E-state index contributed by atoms with van der Waals surface area (Å²) in [5, 5.41) is 12.7. The maximum Gasteiger partial charge on any atom is 0.349 e. The Hall–Kier alpha value is -2.55. The van der Waals surface area contributed by atoms with Gasteiger partial charge < -0.3 is 14.6 Å². The standard InChI is InChI=1S/C26H35N3O3/c1-16(2)14-29-17(3)5-22(18(29)4)9-23(13-27)25(31)32-15-24(30)28-26-10-19-6-20(11-26)8-21(7-19)12-26/h5,9,16,19-21H,6-8,10-12,14-15H2,1-4H3,(H,28,30). The molecule has 1 heterocycles. The van der Waals surface area contributed by atoms with Gasteiger partial charge in [-0.3, -0.25) is 4.79 Å². The molecule has 6 heteroatoms. The number of hydrogen-bond donors (Lipinski definition) is 1. The number of aryl methyl sites for hydroxylation is 1. The van der Waals surface area contributed by atoms with Gasteiger partial charge in [-0.25, -0.2) is 4.79 Å². The molecule has 4 aliphatic rings. The van der Waals surface area contributed by atoms with Gasteiger partial charge in [0.25, 0.3) is 5.91 Å². The van der Waals surface area contributed by atoms with Crippen molar-refractivity contribution in [2.24, 2.45) is 23.7 Å². The van der Waals surface area contributed by atoms with E-state index in [0.717, 1.165) is 60.5 Å². The molecule has 0 spiro atoms. The summed E-state index contributed by atoms with van der Waals surface area (Å²) in [4.78, 5) is 25.1. The third-order valence-corrected chi connectivity index (χ3v) is 7.58. The van der Waals surface area contributed by atoms with Crippen molar-refractivity contribution in [2.45, 2.75) is 78.3 Å². The van der Waals surface area contributed by atoms with Crippen LogP contribution in [-0.4, -0.2) is 28.6 Å². The van der Waals surface area contributed by atoms with Gasteiger partial charge in [0.2, 0.25) is 0 Å². The third kappa shape index (κ3) is 4.62. The summed E-state index contributed by atoms with van der Waals surface area (Å²) in [6.07, 6.45) is 8.63. The number of aromatic nitrogens is 1. The van der Waals surface area contributed by atoms with Crippen molar-refractivity contribution < 1.29 is 14.3 Å².